The number of nitrogens with two attached hydrogens (primary N) is 1. The number of carbonyl (C=O) groups excluding carboxylic acids is 1. The fourth-order valence-electron chi connectivity index (χ4n) is 2.04. The Morgan fingerprint density at radius 3 is 2.56 bits per heavy atom. The van der Waals surface area contributed by atoms with Crippen LogP contribution in [0.3, 0.4) is 0 Å². The number of carbonyl (C=O) groups is 1. The molecular weight excluding hydrogens is 204 g/mol. The molecule has 0 spiro atoms. The maximum atomic E-state index is 11.1. The van der Waals surface area contributed by atoms with Gasteiger partial charge in [-0.2, -0.15) is 0 Å². The SMILES string of the molecule is NCCC(=O)NCCOC1CCCCCC1. The molecule has 1 fully saturated rings. The Hall–Kier alpha value is -0.610. The molecule has 1 saturated carbocycles. The van der Waals surface area contributed by atoms with Crippen molar-refractivity contribution < 1.29 is 9.53 Å². The van der Waals surface area contributed by atoms with Crippen LogP contribution in [0.15, 0.2) is 0 Å². The second-order valence-corrected chi connectivity index (χ2v) is 4.37. The first kappa shape index (κ1) is 13.5. The van der Waals surface area contributed by atoms with Crippen molar-refractivity contribution in [1.29, 1.82) is 0 Å². The second-order valence-electron chi connectivity index (χ2n) is 4.37. The van der Waals surface area contributed by atoms with Crippen molar-refractivity contribution in [3.8, 4) is 0 Å². The molecule has 0 bridgehead atoms. The molecular formula is C12H24N2O2. The van der Waals surface area contributed by atoms with Crippen molar-refractivity contribution in [3.63, 3.8) is 0 Å². The van der Waals surface area contributed by atoms with Crippen LogP contribution in [-0.2, 0) is 9.53 Å². The Bertz CT molecular complexity index is 189. The number of hydrogen-bond donors (Lipinski definition) is 2. The van der Waals surface area contributed by atoms with E-state index in [9.17, 15) is 4.79 Å². The summed E-state index contributed by atoms with van der Waals surface area (Å²) in [6.45, 7) is 1.64. The van der Waals surface area contributed by atoms with Gasteiger partial charge in [-0.3, -0.25) is 4.79 Å². The minimum absolute atomic E-state index is 0.0203. The van der Waals surface area contributed by atoms with E-state index < -0.39 is 0 Å². The molecule has 1 aliphatic carbocycles. The van der Waals surface area contributed by atoms with Gasteiger partial charge >= 0.3 is 0 Å². The van der Waals surface area contributed by atoms with E-state index in [1.165, 1.54) is 38.5 Å². The van der Waals surface area contributed by atoms with Crippen LogP contribution in [0, 0.1) is 0 Å². The lowest BCUT2D eigenvalue weighted by molar-refractivity contribution is -0.121. The van der Waals surface area contributed by atoms with Crippen LogP contribution in [-0.4, -0.2) is 31.7 Å². The van der Waals surface area contributed by atoms with E-state index in [4.69, 9.17) is 10.5 Å². The second kappa shape index (κ2) is 8.53. The summed E-state index contributed by atoms with van der Waals surface area (Å²) in [5.41, 5.74) is 5.28. The van der Waals surface area contributed by atoms with E-state index in [0.717, 1.165) is 0 Å². The largest absolute Gasteiger partial charge is 0.376 e. The number of hydrogen-bond acceptors (Lipinski definition) is 3. The number of ether oxygens (including phenoxy) is 1. The van der Waals surface area contributed by atoms with Crippen molar-refractivity contribution in [1.82, 2.24) is 5.32 Å². The Kier molecular flexibility index (Phi) is 7.17. The lowest BCUT2D eigenvalue weighted by atomic mass is 10.1. The smallest absolute Gasteiger partial charge is 0.221 e. The Morgan fingerprint density at radius 1 is 1.25 bits per heavy atom. The zero-order chi connectivity index (χ0) is 11.6. The van der Waals surface area contributed by atoms with Crippen LogP contribution in [0.25, 0.3) is 0 Å². The zero-order valence-electron chi connectivity index (χ0n) is 10.0. The highest BCUT2D eigenvalue weighted by molar-refractivity contribution is 5.75. The number of amides is 1. The standard InChI is InChI=1S/C12H24N2O2/c13-8-7-12(15)14-9-10-16-11-5-3-1-2-4-6-11/h11H,1-10,13H2,(H,14,15). The zero-order valence-corrected chi connectivity index (χ0v) is 10.0. The summed E-state index contributed by atoms with van der Waals surface area (Å²) in [6.07, 6.45) is 8.42. The van der Waals surface area contributed by atoms with E-state index >= 15 is 0 Å². The molecule has 1 rings (SSSR count). The Labute approximate surface area is 97.9 Å². The van der Waals surface area contributed by atoms with Crippen molar-refractivity contribution >= 4 is 5.91 Å². The maximum Gasteiger partial charge on any atom is 0.221 e. The van der Waals surface area contributed by atoms with Gasteiger partial charge in [0, 0.05) is 19.5 Å². The lowest BCUT2D eigenvalue weighted by Gasteiger charge is -2.15. The van der Waals surface area contributed by atoms with Crippen LogP contribution in [0.4, 0.5) is 0 Å². The van der Waals surface area contributed by atoms with Crippen LogP contribution < -0.4 is 11.1 Å². The average molecular weight is 228 g/mol. The molecule has 16 heavy (non-hydrogen) atoms. The van der Waals surface area contributed by atoms with Gasteiger partial charge in [0.25, 0.3) is 0 Å². The van der Waals surface area contributed by atoms with E-state index in [-0.39, 0.29) is 5.91 Å². The van der Waals surface area contributed by atoms with Gasteiger partial charge in [0.2, 0.25) is 5.91 Å². The molecule has 94 valence electrons. The molecule has 0 aromatic heterocycles. The Morgan fingerprint density at radius 2 is 1.94 bits per heavy atom. The number of rotatable bonds is 6. The molecule has 0 saturated heterocycles. The van der Waals surface area contributed by atoms with Gasteiger partial charge in [0.1, 0.15) is 0 Å². The fraction of sp³-hybridized carbons (Fsp3) is 0.917. The van der Waals surface area contributed by atoms with Gasteiger partial charge in [-0.15, -0.1) is 0 Å². The van der Waals surface area contributed by atoms with E-state index in [2.05, 4.69) is 5.32 Å². The molecule has 1 aliphatic rings. The molecule has 0 heterocycles. The van der Waals surface area contributed by atoms with Crippen LogP contribution in [0.5, 0.6) is 0 Å². The molecule has 0 aliphatic heterocycles. The third-order valence-corrected chi connectivity index (χ3v) is 2.95. The number of nitrogens with one attached hydrogen (secondary N) is 1. The van der Waals surface area contributed by atoms with Crippen molar-refractivity contribution in [3.05, 3.63) is 0 Å². The summed E-state index contributed by atoms with van der Waals surface area (Å²) in [4.78, 5) is 11.1. The molecule has 0 unspecified atom stereocenters. The lowest BCUT2D eigenvalue weighted by Crippen LogP contribution is -2.30. The first-order valence-corrected chi connectivity index (χ1v) is 6.41. The van der Waals surface area contributed by atoms with Crippen molar-refractivity contribution in [2.24, 2.45) is 5.73 Å². The molecule has 0 aromatic rings. The predicted molar refractivity (Wildman–Crippen MR) is 64.1 cm³/mol. The van der Waals surface area contributed by atoms with Gasteiger partial charge in [-0.1, -0.05) is 25.7 Å². The summed E-state index contributed by atoms with van der Waals surface area (Å²) in [6, 6.07) is 0. The van der Waals surface area contributed by atoms with Crippen LogP contribution in [0.1, 0.15) is 44.9 Å². The summed E-state index contributed by atoms with van der Waals surface area (Å²) in [5, 5.41) is 2.79. The fourth-order valence-corrected chi connectivity index (χ4v) is 2.04. The van der Waals surface area contributed by atoms with Crippen molar-refractivity contribution in [2.75, 3.05) is 19.7 Å². The summed E-state index contributed by atoms with van der Waals surface area (Å²) >= 11 is 0. The molecule has 4 heteroatoms. The topological polar surface area (TPSA) is 64.4 Å². The summed E-state index contributed by atoms with van der Waals surface area (Å²) < 4.78 is 5.75. The predicted octanol–water partition coefficient (Wildman–Crippen LogP) is 1.19. The quantitative estimate of drug-likeness (QED) is 0.530. The maximum absolute atomic E-state index is 11.1. The van der Waals surface area contributed by atoms with Gasteiger partial charge < -0.3 is 15.8 Å². The van der Waals surface area contributed by atoms with Crippen LogP contribution in [0.2, 0.25) is 0 Å². The average Bonchev–Trinajstić information content (AvgIpc) is 2.53. The third kappa shape index (κ3) is 6.08. The molecule has 0 aromatic carbocycles. The van der Waals surface area contributed by atoms with Gasteiger partial charge in [0.05, 0.1) is 12.7 Å². The monoisotopic (exact) mass is 228 g/mol. The molecule has 1 amide bonds. The highest BCUT2D eigenvalue weighted by Gasteiger charge is 2.11. The summed E-state index contributed by atoms with van der Waals surface area (Å²) in [7, 11) is 0. The minimum atomic E-state index is 0.0203. The summed E-state index contributed by atoms with van der Waals surface area (Å²) in [5.74, 6) is 0.0203. The third-order valence-electron chi connectivity index (χ3n) is 2.95. The molecule has 4 nitrogen and oxygen atoms in total. The van der Waals surface area contributed by atoms with E-state index in [1.54, 1.807) is 0 Å². The van der Waals surface area contributed by atoms with Gasteiger partial charge in [-0.25, -0.2) is 0 Å². The molecule has 3 N–H and O–H groups in total. The molecule has 0 radical (unpaired) electrons. The van der Waals surface area contributed by atoms with E-state index in [0.29, 0.717) is 32.2 Å². The first-order chi connectivity index (χ1) is 7.83. The Balaban J connectivity index is 1.99. The minimum Gasteiger partial charge on any atom is -0.376 e. The highest BCUT2D eigenvalue weighted by Crippen LogP contribution is 2.19. The van der Waals surface area contributed by atoms with Crippen LogP contribution >= 0.6 is 0 Å². The molecule has 0 atom stereocenters. The van der Waals surface area contributed by atoms with Gasteiger partial charge in [0.15, 0.2) is 0 Å². The van der Waals surface area contributed by atoms with E-state index in [1.807, 2.05) is 0 Å². The van der Waals surface area contributed by atoms with Crippen molar-refractivity contribution in [2.45, 2.75) is 51.0 Å². The highest BCUT2D eigenvalue weighted by atomic mass is 16.5. The van der Waals surface area contributed by atoms with Gasteiger partial charge in [-0.05, 0) is 12.8 Å². The first-order valence-electron chi connectivity index (χ1n) is 6.41. The normalized spacial score (nSPS) is 18.1.